The minimum Gasteiger partial charge on any atom is -0.317 e. The molecule has 1 N–H and O–H groups in total. The zero-order valence-corrected chi connectivity index (χ0v) is 11.8. The number of likely N-dealkylation sites (tertiary alicyclic amines) is 1. The summed E-state index contributed by atoms with van der Waals surface area (Å²) < 4.78 is 2.04. The summed E-state index contributed by atoms with van der Waals surface area (Å²) in [6.45, 7) is 8.62. The monoisotopic (exact) mass is 251 g/mol. The molecule has 102 valence electrons. The Balaban J connectivity index is 1.73. The van der Waals surface area contributed by atoms with Gasteiger partial charge in [0.05, 0.1) is 6.54 Å². The normalized spacial score (nSPS) is 19.1. The minimum atomic E-state index is 0.611. The number of piperidine rings is 1. The molecule has 1 unspecified atom stereocenters. The van der Waals surface area contributed by atoms with Gasteiger partial charge >= 0.3 is 0 Å². The summed E-state index contributed by atoms with van der Waals surface area (Å²) in [5.74, 6) is 1.98. The highest BCUT2D eigenvalue weighted by Gasteiger charge is 2.16. The zero-order valence-electron chi connectivity index (χ0n) is 11.8. The van der Waals surface area contributed by atoms with E-state index < -0.39 is 0 Å². The van der Waals surface area contributed by atoms with Crippen molar-refractivity contribution in [2.75, 3.05) is 19.6 Å². The number of aromatic nitrogens is 3. The van der Waals surface area contributed by atoms with Gasteiger partial charge in [0.25, 0.3) is 0 Å². The van der Waals surface area contributed by atoms with Crippen molar-refractivity contribution in [3.05, 3.63) is 11.6 Å². The van der Waals surface area contributed by atoms with Gasteiger partial charge in [0.1, 0.15) is 11.6 Å². The van der Waals surface area contributed by atoms with E-state index in [9.17, 15) is 0 Å². The summed E-state index contributed by atoms with van der Waals surface area (Å²) in [5, 5.41) is 11.7. The maximum absolute atomic E-state index is 4.16. The Labute approximate surface area is 110 Å². The predicted molar refractivity (Wildman–Crippen MR) is 72.3 cm³/mol. The number of nitrogens with zero attached hydrogens (tertiary/aromatic N) is 4. The average Bonchev–Trinajstić information content (AvgIpc) is 2.71. The maximum Gasteiger partial charge on any atom is 0.146 e. The maximum atomic E-state index is 4.16. The number of aryl methyl sites for hydroxylation is 1. The van der Waals surface area contributed by atoms with Gasteiger partial charge in [-0.25, -0.2) is 0 Å². The summed E-state index contributed by atoms with van der Waals surface area (Å²) >= 11 is 0. The molecule has 0 amide bonds. The first-order chi connectivity index (χ1) is 8.68. The van der Waals surface area contributed by atoms with Crippen molar-refractivity contribution >= 4 is 0 Å². The fourth-order valence-electron chi connectivity index (χ4n) is 2.49. The summed E-state index contributed by atoms with van der Waals surface area (Å²) in [6, 6.07) is 0.611. The lowest BCUT2D eigenvalue weighted by molar-refractivity contribution is 0.170. The van der Waals surface area contributed by atoms with Crippen molar-refractivity contribution in [3.8, 4) is 0 Å². The molecular formula is C13H25N5. The van der Waals surface area contributed by atoms with Gasteiger partial charge in [-0.05, 0) is 39.8 Å². The average molecular weight is 251 g/mol. The Morgan fingerprint density at radius 1 is 1.22 bits per heavy atom. The summed E-state index contributed by atoms with van der Waals surface area (Å²) in [6.07, 6.45) is 4.11. The Hall–Kier alpha value is -0.940. The van der Waals surface area contributed by atoms with Gasteiger partial charge in [0, 0.05) is 19.6 Å². The molecule has 1 aliphatic heterocycles. The molecule has 0 saturated carbocycles. The van der Waals surface area contributed by atoms with Crippen molar-refractivity contribution in [2.45, 2.75) is 45.7 Å². The molecule has 1 aromatic heterocycles. The molecule has 5 nitrogen and oxygen atoms in total. The second kappa shape index (κ2) is 6.29. The Morgan fingerprint density at radius 2 is 1.94 bits per heavy atom. The van der Waals surface area contributed by atoms with E-state index in [2.05, 4.69) is 27.3 Å². The lowest BCUT2D eigenvalue weighted by Gasteiger charge is -2.32. The smallest absolute Gasteiger partial charge is 0.146 e. The lowest BCUT2D eigenvalue weighted by Crippen LogP contribution is -2.43. The van der Waals surface area contributed by atoms with E-state index in [0.29, 0.717) is 6.04 Å². The SMILES string of the molecule is Cc1nnc(CNCC(C)N2CCCCC2)n1C. The molecule has 0 aliphatic carbocycles. The van der Waals surface area contributed by atoms with Gasteiger partial charge in [-0.2, -0.15) is 0 Å². The van der Waals surface area contributed by atoms with Crippen LogP contribution in [0.3, 0.4) is 0 Å². The van der Waals surface area contributed by atoms with E-state index in [1.807, 2.05) is 18.5 Å². The second-order valence-corrected chi connectivity index (χ2v) is 5.30. The van der Waals surface area contributed by atoms with Gasteiger partial charge in [0.15, 0.2) is 0 Å². The van der Waals surface area contributed by atoms with Gasteiger partial charge in [-0.15, -0.1) is 10.2 Å². The highest BCUT2D eigenvalue weighted by atomic mass is 15.3. The summed E-state index contributed by atoms with van der Waals surface area (Å²) in [7, 11) is 2.01. The number of nitrogens with one attached hydrogen (secondary N) is 1. The fourth-order valence-corrected chi connectivity index (χ4v) is 2.49. The molecular weight excluding hydrogens is 226 g/mol. The van der Waals surface area contributed by atoms with E-state index >= 15 is 0 Å². The van der Waals surface area contributed by atoms with Crippen LogP contribution in [0.15, 0.2) is 0 Å². The van der Waals surface area contributed by atoms with E-state index in [-0.39, 0.29) is 0 Å². The fraction of sp³-hybridized carbons (Fsp3) is 0.846. The Morgan fingerprint density at radius 3 is 2.56 bits per heavy atom. The van der Waals surface area contributed by atoms with Crippen LogP contribution in [-0.4, -0.2) is 45.3 Å². The predicted octanol–water partition coefficient (Wildman–Crippen LogP) is 1.09. The van der Waals surface area contributed by atoms with Crippen LogP contribution in [0.5, 0.6) is 0 Å². The van der Waals surface area contributed by atoms with Crippen LogP contribution in [0.25, 0.3) is 0 Å². The first kappa shape index (κ1) is 13.5. The molecule has 0 aromatic carbocycles. The molecule has 1 aliphatic rings. The van der Waals surface area contributed by atoms with Crippen LogP contribution in [0, 0.1) is 6.92 Å². The van der Waals surface area contributed by atoms with Crippen LogP contribution in [0.1, 0.15) is 37.8 Å². The molecule has 18 heavy (non-hydrogen) atoms. The molecule has 1 atom stereocenters. The zero-order chi connectivity index (χ0) is 13.0. The van der Waals surface area contributed by atoms with E-state index in [1.54, 1.807) is 0 Å². The highest BCUT2D eigenvalue weighted by Crippen LogP contribution is 2.11. The summed E-state index contributed by atoms with van der Waals surface area (Å²) in [4.78, 5) is 2.58. The van der Waals surface area contributed by atoms with Crippen molar-refractivity contribution in [1.82, 2.24) is 25.0 Å². The molecule has 1 saturated heterocycles. The van der Waals surface area contributed by atoms with Gasteiger partial charge in [-0.1, -0.05) is 6.42 Å². The third-order valence-corrected chi connectivity index (χ3v) is 3.92. The number of hydrogen-bond donors (Lipinski definition) is 1. The van der Waals surface area contributed by atoms with Crippen molar-refractivity contribution in [1.29, 1.82) is 0 Å². The van der Waals surface area contributed by atoms with Crippen LogP contribution < -0.4 is 5.32 Å². The first-order valence-corrected chi connectivity index (χ1v) is 6.98. The Kier molecular flexibility index (Phi) is 4.72. The third kappa shape index (κ3) is 3.29. The number of rotatable bonds is 5. The van der Waals surface area contributed by atoms with E-state index in [1.165, 1.54) is 32.4 Å². The van der Waals surface area contributed by atoms with Gasteiger partial charge < -0.3 is 9.88 Å². The molecule has 1 fully saturated rings. The topological polar surface area (TPSA) is 46.0 Å². The molecule has 1 aromatic rings. The van der Waals surface area contributed by atoms with Crippen LogP contribution in [0.2, 0.25) is 0 Å². The van der Waals surface area contributed by atoms with Gasteiger partial charge in [0.2, 0.25) is 0 Å². The molecule has 0 bridgehead atoms. The molecule has 0 spiro atoms. The Bertz CT molecular complexity index is 367. The standard InChI is InChI=1S/C13H25N5/c1-11(18-7-5-4-6-8-18)9-14-10-13-16-15-12(2)17(13)3/h11,14H,4-10H2,1-3H3. The number of hydrogen-bond acceptors (Lipinski definition) is 4. The van der Waals surface area contributed by atoms with Gasteiger partial charge in [-0.3, -0.25) is 4.90 Å². The quantitative estimate of drug-likeness (QED) is 0.851. The molecule has 2 heterocycles. The molecule has 5 heteroatoms. The minimum absolute atomic E-state index is 0.611. The van der Waals surface area contributed by atoms with Crippen molar-refractivity contribution in [3.63, 3.8) is 0 Å². The van der Waals surface area contributed by atoms with Crippen LogP contribution >= 0.6 is 0 Å². The second-order valence-electron chi connectivity index (χ2n) is 5.30. The van der Waals surface area contributed by atoms with E-state index in [4.69, 9.17) is 0 Å². The molecule has 0 radical (unpaired) electrons. The van der Waals surface area contributed by atoms with E-state index in [0.717, 1.165) is 24.7 Å². The first-order valence-electron chi connectivity index (χ1n) is 6.98. The molecule has 2 rings (SSSR count). The lowest BCUT2D eigenvalue weighted by atomic mass is 10.1. The summed E-state index contributed by atoms with van der Waals surface area (Å²) in [5.41, 5.74) is 0. The van der Waals surface area contributed by atoms with Crippen LogP contribution in [-0.2, 0) is 13.6 Å². The highest BCUT2D eigenvalue weighted by molar-refractivity contribution is 4.92. The van der Waals surface area contributed by atoms with Crippen molar-refractivity contribution < 1.29 is 0 Å². The largest absolute Gasteiger partial charge is 0.317 e. The van der Waals surface area contributed by atoms with Crippen molar-refractivity contribution in [2.24, 2.45) is 7.05 Å². The van der Waals surface area contributed by atoms with Crippen LogP contribution in [0.4, 0.5) is 0 Å². The third-order valence-electron chi connectivity index (χ3n) is 3.92.